The predicted molar refractivity (Wildman–Crippen MR) is 106 cm³/mol. The zero-order chi connectivity index (χ0) is 20.3. The molecule has 0 aliphatic rings. The first-order valence-corrected chi connectivity index (χ1v) is 9.00. The molecular formula is C22H21N3O3. The van der Waals surface area contributed by atoms with Crippen LogP contribution in [0.5, 0.6) is 0 Å². The highest BCUT2D eigenvalue weighted by Gasteiger charge is 2.21. The third-order valence-electron chi connectivity index (χ3n) is 4.65. The van der Waals surface area contributed by atoms with Gasteiger partial charge in [0.15, 0.2) is 5.65 Å². The van der Waals surface area contributed by atoms with Crippen LogP contribution < -0.4 is 0 Å². The summed E-state index contributed by atoms with van der Waals surface area (Å²) >= 11 is 0. The monoisotopic (exact) mass is 375 g/mol. The number of carbonyl (C=O) groups excluding carboxylic acids is 2. The number of nitrogens with one attached hydrogen (secondary N) is 1. The number of furan rings is 1. The molecule has 0 fully saturated rings. The number of nitrogens with zero attached hydrogens (tertiary/aromatic N) is 2. The first-order chi connectivity index (χ1) is 13.5. The van der Waals surface area contributed by atoms with Crippen molar-refractivity contribution in [1.82, 2.24) is 15.2 Å². The second-order valence-electron chi connectivity index (χ2n) is 6.57. The fraction of sp³-hybridized carbons (Fsp3) is 0.227. The Morgan fingerprint density at radius 2 is 1.71 bits per heavy atom. The zero-order valence-electron chi connectivity index (χ0n) is 16.3. The van der Waals surface area contributed by atoms with Crippen molar-refractivity contribution in [3.8, 4) is 22.6 Å². The summed E-state index contributed by atoms with van der Waals surface area (Å²) in [5.74, 6) is 1.78. The lowest BCUT2D eigenvalue weighted by atomic mass is 9.94. The van der Waals surface area contributed by atoms with Gasteiger partial charge in [-0.05, 0) is 44.9 Å². The second kappa shape index (κ2) is 8.03. The Morgan fingerprint density at radius 1 is 1.04 bits per heavy atom. The fourth-order valence-corrected chi connectivity index (χ4v) is 3.37. The van der Waals surface area contributed by atoms with E-state index in [0.717, 1.165) is 51.5 Å². The van der Waals surface area contributed by atoms with E-state index >= 15 is 0 Å². The van der Waals surface area contributed by atoms with Crippen LogP contribution in [0.25, 0.3) is 33.6 Å². The zero-order valence-corrected chi connectivity index (χ0v) is 16.3. The molecule has 0 spiro atoms. The number of fused-ring (bicyclic) bond motifs is 1. The molecule has 3 aromatic heterocycles. The van der Waals surface area contributed by atoms with Gasteiger partial charge in [-0.2, -0.15) is 14.7 Å². The predicted octanol–water partition coefficient (Wildman–Crippen LogP) is 4.79. The van der Waals surface area contributed by atoms with Crippen LogP contribution in [0.3, 0.4) is 0 Å². The van der Waals surface area contributed by atoms with Gasteiger partial charge >= 0.3 is 6.15 Å². The molecule has 142 valence electrons. The molecule has 0 amide bonds. The third kappa shape index (κ3) is 3.50. The highest BCUT2D eigenvalue weighted by molar-refractivity contribution is 5.98. The molecule has 0 bridgehead atoms. The Morgan fingerprint density at radius 3 is 2.29 bits per heavy atom. The first-order valence-electron chi connectivity index (χ1n) is 9.00. The van der Waals surface area contributed by atoms with Crippen LogP contribution in [0, 0.1) is 20.8 Å². The summed E-state index contributed by atoms with van der Waals surface area (Å²) < 4.78 is 5.99. The molecule has 0 unspecified atom stereocenters. The van der Waals surface area contributed by atoms with E-state index in [2.05, 4.69) is 48.3 Å². The molecule has 1 aromatic carbocycles. The molecule has 6 heteroatoms. The lowest BCUT2D eigenvalue weighted by Gasteiger charge is -2.13. The van der Waals surface area contributed by atoms with Crippen LogP contribution in [0.2, 0.25) is 0 Å². The van der Waals surface area contributed by atoms with E-state index in [-0.39, 0.29) is 6.15 Å². The van der Waals surface area contributed by atoms with Crippen LogP contribution in [-0.4, -0.2) is 21.3 Å². The summed E-state index contributed by atoms with van der Waals surface area (Å²) in [4.78, 5) is 21.1. The van der Waals surface area contributed by atoms with Crippen molar-refractivity contribution >= 4 is 17.2 Å². The fourth-order valence-electron chi connectivity index (χ4n) is 3.37. The van der Waals surface area contributed by atoms with Crippen LogP contribution in [0.1, 0.15) is 29.5 Å². The van der Waals surface area contributed by atoms with Crippen molar-refractivity contribution in [2.75, 3.05) is 0 Å². The van der Waals surface area contributed by atoms with Gasteiger partial charge < -0.3 is 4.42 Å². The number of benzene rings is 1. The molecule has 0 saturated heterocycles. The van der Waals surface area contributed by atoms with Crippen LogP contribution >= 0.6 is 0 Å². The van der Waals surface area contributed by atoms with Gasteiger partial charge in [-0.3, -0.25) is 5.10 Å². The van der Waals surface area contributed by atoms with Crippen LogP contribution in [-0.2, 0) is 16.0 Å². The van der Waals surface area contributed by atoms with Crippen molar-refractivity contribution in [3.63, 3.8) is 0 Å². The van der Waals surface area contributed by atoms with Gasteiger partial charge in [-0.25, -0.2) is 4.98 Å². The van der Waals surface area contributed by atoms with Crippen molar-refractivity contribution in [3.05, 3.63) is 59.0 Å². The number of hydrogen-bond donors (Lipinski definition) is 1. The lowest BCUT2D eigenvalue weighted by molar-refractivity contribution is -0.191. The number of hydrogen-bond acceptors (Lipinski definition) is 5. The van der Waals surface area contributed by atoms with Gasteiger partial charge in [0.25, 0.3) is 0 Å². The van der Waals surface area contributed by atoms with Crippen LogP contribution in [0.4, 0.5) is 0 Å². The molecule has 0 radical (unpaired) electrons. The number of pyridine rings is 1. The Bertz CT molecular complexity index is 1150. The van der Waals surface area contributed by atoms with Gasteiger partial charge in [0.2, 0.25) is 0 Å². The Hall–Kier alpha value is -3.50. The number of aryl methyl sites for hydroxylation is 3. The molecule has 0 aliphatic carbocycles. The van der Waals surface area contributed by atoms with E-state index in [1.807, 2.05) is 26.0 Å². The van der Waals surface area contributed by atoms with Gasteiger partial charge in [-0.1, -0.05) is 36.8 Å². The minimum absolute atomic E-state index is 0.250. The average molecular weight is 375 g/mol. The van der Waals surface area contributed by atoms with Gasteiger partial charge in [-0.15, -0.1) is 0 Å². The van der Waals surface area contributed by atoms with E-state index in [4.69, 9.17) is 19.0 Å². The maximum Gasteiger partial charge on any atom is 0.373 e. The highest BCUT2D eigenvalue weighted by Crippen LogP contribution is 2.38. The Balaban J connectivity index is 0.000000706. The maximum absolute atomic E-state index is 8.12. The van der Waals surface area contributed by atoms with Crippen LogP contribution in [0.15, 0.2) is 40.8 Å². The molecular weight excluding hydrogens is 354 g/mol. The molecule has 0 aliphatic heterocycles. The SMILES string of the molecule is CCc1c(-c2ccc(C)cc2)nc2n[nH]c(C)c2c1-c1ccc(C)o1.O=C=O. The lowest BCUT2D eigenvalue weighted by Crippen LogP contribution is -1.98. The van der Waals surface area contributed by atoms with Gasteiger partial charge in [0.1, 0.15) is 11.5 Å². The summed E-state index contributed by atoms with van der Waals surface area (Å²) in [5, 5.41) is 8.53. The molecule has 4 rings (SSSR count). The molecule has 3 heterocycles. The minimum atomic E-state index is 0.250. The number of H-pyrrole nitrogens is 1. The van der Waals surface area contributed by atoms with Gasteiger partial charge in [0.05, 0.1) is 11.1 Å². The standard InChI is InChI=1S/C21H21N3O.CO2/c1-5-16-19(17-11-8-13(3)25-17)18-14(4)23-24-21(18)22-20(16)15-9-6-12(2)7-10-15;2-1-3/h6-11H,5H2,1-4H3,(H,22,23,24);. The quantitative estimate of drug-likeness (QED) is 0.556. The number of aromatic amines is 1. The summed E-state index contributed by atoms with van der Waals surface area (Å²) in [5.41, 5.74) is 7.35. The molecule has 6 nitrogen and oxygen atoms in total. The van der Waals surface area contributed by atoms with Crippen molar-refractivity contribution < 1.29 is 14.0 Å². The smallest absolute Gasteiger partial charge is 0.373 e. The maximum atomic E-state index is 8.12. The first kappa shape index (κ1) is 19.3. The summed E-state index contributed by atoms with van der Waals surface area (Å²) in [6.45, 7) is 8.25. The molecule has 4 aromatic rings. The van der Waals surface area contributed by atoms with Crippen molar-refractivity contribution in [2.24, 2.45) is 0 Å². The summed E-state index contributed by atoms with van der Waals surface area (Å²) in [6.07, 6.45) is 1.12. The molecule has 1 N–H and O–H groups in total. The summed E-state index contributed by atoms with van der Waals surface area (Å²) in [7, 11) is 0. The van der Waals surface area contributed by atoms with E-state index < -0.39 is 0 Å². The number of rotatable bonds is 3. The van der Waals surface area contributed by atoms with E-state index in [0.29, 0.717) is 0 Å². The minimum Gasteiger partial charge on any atom is -0.461 e. The van der Waals surface area contributed by atoms with E-state index in [1.165, 1.54) is 11.1 Å². The Kier molecular flexibility index (Phi) is 5.52. The van der Waals surface area contributed by atoms with E-state index in [9.17, 15) is 0 Å². The second-order valence-corrected chi connectivity index (χ2v) is 6.57. The molecule has 28 heavy (non-hydrogen) atoms. The topological polar surface area (TPSA) is 88.8 Å². The molecule has 0 saturated carbocycles. The third-order valence-corrected chi connectivity index (χ3v) is 4.65. The summed E-state index contributed by atoms with van der Waals surface area (Å²) in [6, 6.07) is 12.5. The van der Waals surface area contributed by atoms with Crippen molar-refractivity contribution in [1.29, 1.82) is 0 Å². The van der Waals surface area contributed by atoms with Gasteiger partial charge in [0, 0.05) is 16.8 Å². The normalized spacial score (nSPS) is 10.4. The van der Waals surface area contributed by atoms with Crippen molar-refractivity contribution in [2.45, 2.75) is 34.1 Å². The average Bonchev–Trinajstić information content (AvgIpc) is 3.27. The number of aromatic nitrogens is 3. The van der Waals surface area contributed by atoms with E-state index in [1.54, 1.807) is 0 Å². The largest absolute Gasteiger partial charge is 0.461 e. The Labute approximate surface area is 162 Å². The molecule has 0 atom stereocenters. The highest BCUT2D eigenvalue weighted by atomic mass is 16.3.